The third-order valence-electron chi connectivity index (χ3n) is 4.69. The highest BCUT2D eigenvalue weighted by Crippen LogP contribution is 2.44. The lowest BCUT2D eigenvalue weighted by molar-refractivity contribution is 0.0527. The van der Waals surface area contributed by atoms with Crippen LogP contribution < -0.4 is 10.1 Å². The molecule has 1 fully saturated rings. The van der Waals surface area contributed by atoms with Crippen LogP contribution >= 0.6 is 0 Å². The zero-order valence-corrected chi connectivity index (χ0v) is 19.8. The number of hydrogen-bond acceptors (Lipinski definition) is 9. The van der Waals surface area contributed by atoms with E-state index in [1.807, 2.05) is 0 Å². The first-order valence-electron chi connectivity index (χ1n) is 10.4. The van der Waals surface area contributed by atoms with E-state index in [1.165, 1.54) is 19.6 Å². The van der Waals surface area contributed by atoms with E-state index in [9.17, 15) is 13.2 Å². The van der Waals surface area contributed by atoms with Gasteiger partial charge in [0.05, 0.1) is 12.8 Å². The second-order valence-corrected chi connectivity index (χ2v) is 10.7. The third kappa shape index (κ3) is 6.12. The van der Waals surface area contributed by atoms with Crippen LogP contribution in [0.1, 0.15) is 57.2 Å². The Hall–Kier alpha value is -2.82. The van der Waals surface area contributed by atoms with E-state index in [4.69, 9.17) is 9.47 Å². The molecule has 0 aliphatic heterocycles. The summed E-state index contributed by atoms with van der Waals surface area (Å²) >= 11 is 0. The van der Waals surface area contributed by atoms with E-state index in [0.29, 0.717) is 36.4 Å². The molecule has 1 amide bonds. The fourth-order valence-corrected chi connectivity index (χ4v) is 4.08. The van der Waals surface area contributed by atoms with Gasteiger partial charge in [-0.2, -0.15) is 0 Å². The monoisotopic (exact) mass is 463 g/mol. The van der Waals surface area contributed by atoms with Crippen molar-refractivity contribution in [2.45, 2.75) is 63.0 Å². The van der Waals surface area contributed by atoms with Crippen LogP contribution in [-0.4, -0.2) is 60.0 Å². The zero-order chi connectivity index (χ0) is 23.5. The summed E-state index contributed by atoms with van der Waals surface area (Å²) in [5, 5.41) is 2.61. The Balaban J connectivity index is 1.82. The fourth-order valence-electron chi connectivity index (χ4n) is 3.20. The maximum absolute atomic E-state index is 12.5. The molecule has 1 saturated carbocycles. The largest absolute Gasteiger partial charge is 0.480 e. The van der Waals surface area contributed by atoms with Crippen LogP contribution in [0.15, 0.2) is 17.6 Å². The van der Waals surface area contributed by atoms with Gasteiger partial charge in [0, 0.05) is 30.5 Å². The van der Waals surface area contributed by atoms with E-state index in [2.05, 4.69) is 25.3 Å². The molecular formula is C21H29N5O5S. The van der Waals surface area contributed by atoms with Crippen molar-refractivity contribution in [2.75, 3.05) is 19.9 Å². The number of aromatic nitrogens is 4. The predicted octanol–water partition coefficient (Wildman–Crippen LogP) is 2.68. The minimum absolute atomic E-state index is 0.0487. The standard InChI is InChI=1S/C21H29N5O5S/c1-21(2,3)31-20(27)22-10-6-7-14-11-23-17(26-19(14)32(5,28)29)15-16(13-8-9-13)24-12-25-18(15)30-4/h11-13H,6-10H2,1-5H3,(H,22,27). The highest BCUT2D eigenvalue weighted by Gasteiger charge is 2.32. The number of carbonyl (C=O) groups excluding carboxylic acids is 1. The molecule has 0 spiro atoms. The molecule has 1 aliphatic carbocycles. The van der Waals surface area contributed by atoms with Crippen LogP contribution in [0.4, 0.5) is 4.79 Å². The second kappa shape index (κ2) is 9.35. The summed E-state index contributed by atoms with van der Waals surface area (Å²) in [4.78, 5) is 29.1. The maximum atomic E-state index is 12.5. The van der Waals surface area contributed by atoms with E-state index < -0.39 is 21.5 Å². The first-order chi connectivity index (χ1) is 15.0. The number of carbonyl (C=O) groups is 1. The molecular weight excluding hydrogens is 434 g/mol. The van der Waals surface area contributed by atoms with Crippen molar-refractivity contribution in [1.29, 1.82) is 0 Å². The average molecular weight is 464 g/mol. The third-order valence-corrected chi connectivity index (χ3v) is 5.75. The van der Waals surface area contributed by atoms with Gasteiger partial charge in [0.2, 0.25) is 5.88 Å². The minimum atomic E-state index is -3.62. The summed E-state index contributed by atoms with van der Waals surface area (Å²) < 4.78 is 35.5. The highest BCUT2D eigenvalue weighted by molar-refractivity contribution is 7.90. The smallest absolute Gasteiger partial charge is 0.407 e. The average Bonchev–Trinajstić information content (AvgIpc) is 3.54. The number of nitrogens with one attached hydrogen (secondary N) is 1. The quantitative estimate of drug-likeness (QED) is 0.463. The van der Waals surface area contributed by atoms with Crippen molar-refractivity contribution in [3.8, 4) is 17.3 Å². The molecule has 10 nitrogen and oxygen atoms in total. The number of aryl methyl sites for hydroxylation is 1. The van der Waals surface area contributed by atoms with E-state index in [1.54, 1.807) is 20.8 Å². The molecule has 0 aromatic carbocycles. The molecule has 2 aromatic heterocycles. The van der Waals surface area contributed by atoms with E-state index in [-0.39, 0.29) is 16.8 Å². The highest BCUT2D eigenvalue weighted by atomic mass is 32.2. The van der Waals surface area contributed by atoms with Crippen LogP contribution in [0.25, 0.3) is 11.4 Å². The van der Waals surface area contributed by atoms with Gasteiger partial charge in [-0.05, 0) is 46.5 Å². The maximum Gasteiger partial charge on any atom is 0.407 e. The molecule has 0 unspecified atom stereocenters. The lowest BCUT2D eigenvalue weighted by Crippen LogP contribution is -2.33. The van der Waals surface area contributed by atoms with E-state index >= 15 is 0 Å². The van der Waals surface area contributed by atoms with Crippen molar-refractivity contribution in [1.82, 2.24) is 25.3 Å². The van der Waals surface area contributed by atoms with Crippen LogP contribution in [0.5, 0.6) is 5.88 Å². The number of nitrogens with zero attached hydrogens (tertiary/aromatic N) is 4. The molecule has 0 bridgehead atoms. The van der Waals surface area contributed by atoms with Crippen LogP contribution in [0.2, 0.25) is 0 Å². The van der Waals surface area contributed by atoms with Gasteiger partial charge in [0.15, 0.2) is 20.7 Å². The fraction of sp³-hybridized carbons (Fsp3) is 0.571. The lowest BCUT2D eigenvalue weighted by Gasteiger charge is -2.19. The summed E-state index contributed by atoms with van der Waals surface area (Å²) in [6, 6.07) is 0. The van der Waals surface area contributed by atoms with Crippen molar-refractivity contribution in [3.63, 3.8) is 0 Å². The molecule has 0 radical (unpaired) electrons. The molecule has 32 heavy (non-hydrogen) atoms. The Morgan fingerprint density at radius 3 is 2.53 bits per heavy atom. The minimum Gasteiger partial charge on any atom is -0.480 e. The van der Waals surface area contributed by atoms with Crippen molar-refractivity contribution in [3.05, 3.63) is 23.8 Å². The number of sulfone groups is 1. The summed E-state index contributed by atoms with van der Waals surface area (Å²) in [5.74, 6) is 0.807. The van der Waals surface area contributed by atoms with Crippen molar-refractivity contribution < 1.29 is 22.7 Å². The van der Waals surface area contributed by atoms with Gasteiger partial charge in [-0.25, -0.2) is 33.1 Å². The molecule has 2 heterocycles. The number of rotatable bonds is 8. The Kier molecular flexibility index (Phi) is 6.97. The number of methoxy groups -OCH3 is 1. The number of amides is 1. The number of hydrogen-bond donors (Lipinski definition) is 1. The van der Waals surface area contributed by atoms with Gasteiger partial charge in [0.1, 0.15) is 17.5 Å². The Bertz CT molecular complexity index is 1090. The second-order valence-electron chi connectivity index (χ2n) is 8.75. The van der Waals surface area contributed by atoms with Crippen LogP contribution in [0.3, 0.4) is 0 Å². The van der Waals surface area contributed by atoms with Gasteiger partial charge in [-0.3, -0.25) is 0 Å². The Morgan fingerprint density at radius 1 is 1.22 bits per heavy atom. The molecule has 3 rings (SSSR count). The molecule has 1 N–H and O–H groups in total. The van der Waals surface area contributed by atoms with Gasteiger partial charge in [-0.1, -0.05) is 0 Å². The molecule has 2 aromatic rings. The molecule has 11 heteroatoms. The number of ether oxygens (including phenoxy) is 2. The van der Waals surface area contributed by atoms with E-state index in [0.717, 1.165) is 24.8 Å². The normalized spacial score (nSPS) is 14.2. The molecule has 1 aliphatic rings. The Labute approximate surface area is 188 Å². The van der Waals surface area contributed by atoms with Gasteiger partial charge >= 0.3 is 6.09 Å². The summed E-state index contributed by atoms with van der Waals surface area (Å²) in [6.07, 6.45) is 6.39. The summed E-state index contributed by atoms with van der Waals surface area (Å²) in [5.41, 5.74) is 1.19. The molecule has 0 atom stereocenters. The molecule has 174 valence electrons. The topological polar surface area (TPSA) is 133 Å². The van der Waals surface area contributed by atoms with Crippen molar-refractivity contribution in [2.24, 2.45) is 0 Å². The first-order valence-corrected chi connectivity index (χ1v) is 12.3. The summed E-state index contributed by atoms with van der Waals surface area (Å²) in [7, 11) is -2.13. The predicted molar refractivity (Wildman–Crippen MR) is 117 cm³/mol. The lowest BCUT2D eigenvalue weighted by atomic mass is 10.1. The first kappa shape index (κ1) is 23.8. The van der Waals surface area contributed by atoms with Crippen LogP contribution in [-0.2, 0) is 21.0 Å². The van der Waals surface area contributed by atoms with Gasteiger partial charge in [-0.15, -0.1) is 0 Å². The van der Waals surface area contributed by atoms with Gasteiger partial charge in [0.25, 0.3) is 0 Å². The van der Waals surface area contributed by atoms with Crippen molar-refractivity contribution >= 4 is 15.9 Å². The number of alkyl carbamates (subject to hydrolysis) is 1. The SMILES string of the molecule is COc1ncnc(C2CC2)c1-c1ncc(CCCNC(=O)OC(C)(C)C)c(S(C)(=O)=O)n1. The van der Waals surface area contributed by atoms with Crippen LogP contribution in [0, 0.1) is 0 Å². The molecule has 0 saturated heterocycles. The Morgan fingerprint density at radius 2 is 1.94 bits per heavy atom. The van der Waals surface area contributed by atoms with Gasteiger partial charge < -0.3 is 14.8 Å². The summed E-state index contributed by atoms with van der Waals surface area (Å²) in [6.45, 7) is 5.67. The zero-order valence-electron chi connectivity index (χ0n) is 19.0.